The molecule has 9 rings (SSSR count). The number of para-hydroxylation sites is 4. The summed E-state index contributed by atoms with van der Waals surface area (Å²) in [5, 5.41) is 4.98. The minimum Gasteiger partial charge on any atom is -0.311 e. The number of aromatic nitrogens is 1. The minimum absolute atomic E-state index is 1.12. The summed E-state index contributed by atoms with van der Waals surface area (Å²) in [6, 6.07) is 69.8. The quantitative estimate of drug-likeness (QED) is 0.181. The van der Waals surface area contributed by atoms with Gasteiger partial charge in [-0.3, -0.25) is 0 Å². The SMILES string of the molecule is c1ccc(N(c2ccccc2)c2ccc(-c3cc(-c4cccc5ccccc45)c4c(c3)c3ccccc3n4-c3ccccc3)cc2)cc1. The predicted octanol–water partition coefficient (Wildman–Crippen LogP) is 12.7. The van der Waals surface area contributed by atoms with E-state index in [1.807, 2.05) is 0 Å². The molecule has 0 spiro atoms. The molecule has 0 amide bonds. The van der Waals surface area contributed by atoms with Crippen molar-refractivity contribution in [3.63, 3.8) is 0 Å². The van der Waals surface area contributed by atoms with Crippen molar-refractivity contribution in [1.82, 2.24) is 4.57 Å². The van der Waals surface area contributed by atoms with Crippen LogP contribution >= 0.6 is 0 Å². The van der Waals surface area contributed by atoms with Gasteiger partial charge >= 0.3 is 0 Å². The zero-order chi connectivity index (χ0) is 31.9. The normalized spacial score (nSPS) is 11.3. The maximum atomic E-state index is 2.44. The summed E-state index contributed by atoms with van der Waals surface area (Å²) >= 11 is 0. The van der Waals surface area contributed by atoms with Gasteiger partial charge in [-0.1, -0.05) is 127 Å². The molecule has 9 aromatic rings. The van der Waals surface area contributed by atoms with Gasteiger partial charge in [0.25, 0.3) is 0 Å². The molecule has 0 aliphatic heterocycles. The van der Waals surface area contributed by atoms with Gasteiger partial charge in [0.05, 0.1) is 11.0 Å². The number of anilines is 3. The molecule has 0 aliphatic rings. The van der Waals surface area contributed by atoms with Crippen LogP contribution in [-0.4, -0.2) is 4.57 Å². The Morgan fingerprint density at radius 3 is 1.62 bits per heavy atom. The lowest BCUT2D eigenvalue weighted by molar-refractivity contribution is 1.18. The number of benzene rings is 8. The number of rotatable bonds is 6. The van der Waals surface area contributed by atoms with E-state index in [9.17, 15) is 0 Å². The van der Waals surface area contributed by atoms with Gasteiger partial charge in [-0.05, 0) is 94.2 Å². The Morgan fingerprint density at radius 1 is 0.354 bits per heavy atom. The summed E-state index contributed by atoms with van der Waals surface area (Å²) < 4.78 is 2.44. The van der Waals surface area contributed by atoms with Crippen molar-refractivity contribution >= 4 is 49.6 Å². The molecule has 0 saturated heterocycles. The van der Waals surface area contributed by atoms with Crippen LogP contribution in [0.3, 0.4) is 0 Å². The first kappa shape index (κ1) is 27.9. The van der Waals surface area contributed by atoms with Crippen LogP contribution in [0.5, 0.6) is 0 Å². The molecule has 2 heteroatoms. The third kappa shape index (κ3) is 4.74. The van der Waals surface area contributed by atoms with Crippen LogP contribution in [-0.2, 0) is 0 Å². The summed E-state index contributed by atoms with van der Waals surface area (Å²) in [6.07, 6.45) is 0. The molecule has 0 radical (unpaired) electrons. The highest BCUT2D eigenvalue weighted by Crippen LogP contribution is 2.43. The Morgan fingerprint density at radius 2 is 0.917 bits per heavy atom. The molecule has 8 aromatic carbocycles. The first-order valence-corrected chi connectivity index (χ1v) is 16.4. The van der Waals surface area contributed by atoms with E-state index in [1.54, 1.807) is 0 Å². The summed E-state index contributed by atoms with van der Waals surface area (Å²) in [4.78, 5) is 2.31. The van der Waals surface area contributed by atoms with E-state index in [0.29, 0.717) is 0 Å². The summed E-state index contributed by atoms with van der Waals surface area (Å²) in [5.74, 6) is 0. The Balaban J connectivity index is 1.29. The van der Waals surface area contributed by atoms with E-state index in [0.717, 1.165) is 22.7 Å². The first-order valence-electron chi connectivity index (χ1n) is 16.4. The largest absolute Gasteiger partial charge is 0.311 e. The van der Waals surface area contributed by atoms with Crippen molar-refractivity contribution in [3.05, 3.63) is 194 Å². The molecule has 48 heavy (non-hydrogen) atoms. The second kappa shape index (κ2) is 11.8. The highest BCUT2D eigenvalue weighted by Gasteiger charge is 2.20. The number of hydrogen-bond donors (Lipinski definition) is 0. The highest BCUT2D eigenvalue weighted by molar-refractivity contribution is 6.17. The number of nitrogens with zero attached hydrogens (tertiary/aromatic N) is 2. The molecule has 0 aliphatic carbocycles. The van der Waals surface area contributed by atoms with E-state index in [-0.39, 0.29) is 0 Å². The van der Waals surface area contributed by atoms with Crippen LogP contribution in [0.25, 0.3) is 60.5 Å². The zero-order valence-corrected chi connectivity index (χ0v) is 26.4. The van der Waals surface area contributed by atoms with Crippen LogP contribution < -0.4 is 4.90 Å². The first-order chi connectivity index (χ1) is 23.8. The minimum atomic E-state index is 1.12. The van der Waals surface area contributed by atoms with Gasteiger partial charge in [-0.25, -0.2) is 0 Å². The van der Waals surface area contributed by atoms with E-state index >= 15 is 0 Å². The molecule has 0 fully saturated rings. The summed E-state index contributed by atoms with van der Waals surface area (Å²) in [5.41, 5.74) is 11.8. The van der Waals surface area contributed by atoms with Gasteiger partial charge in [0, 0.05) is 39.1 Å². The van der Waals surface area contributed by atoms with E-state index in [4.69, 9.17) is 0 Å². The topological polar surface area (TPSA) is 8.17 Å². The van der Waals surface area contributed by atoms with Gasteiger partial charge < -0.3 is 9.47 Å². The molecule has 0 unspecified atom stereocenters. The molecule has 0 saturated carbocycles. The summed E-state index contributed by atoms with van der Waals surface area (Å²) in [6.45, 7) is 0. The molecule has 226 valence electrons. The third-order valence-electron chi connectivity index (χ3n) is 9.35. The molecular formula is C46H32N2. The molecule has 1 heterocycles. The average Bonchev–Trinajstić information content (AvgIpc) is 3.50. The molecule has 2 nitrogen and oxygen atoms in total. The molecular weight excluding hydrogens is 581 g/mol. The lowest BCUT2D eigenvalue weighted by atomic mass is 9.92. The van der Waals surface area contributed by atoms with E-state index in [2.05, 4.69) is 204 Å². The van der Waals surface area contributed by atoms with Gasteiger partial charge in [0.1, 0.15) is 0 Å². The van der Waals surface area contributed by atoms with Crippen molar-refractivity contribution in [2.24, 2.45) is 0 Å². The third-order valence-corrected chi connectivity index (χ3v) is 9.35. The zero-order valence-electron chi connectivity index (χ0n) is 26.4. The second-order valence-electron chi connectivity index (χ2n) is 12.2. The Labute approximate surface area is 280 Å². The van der Waals surface area contributed by atoms with Gasteiger partial charge in [0.2, 0.25) is 0 Å². The second-order valence-corrected chi connectivity index (χ2v) is 12.2. The van der Waals surface area contributed by atoms with Gasteiger partial charge in [0.15, 0.2) is 0 Å². The van der Waals surface area contributed by atoms with Crippen molar-refractivity contribution < 1.29 is 0 Å². The fourth-order valence-corrected chi connectivity index (χ4v) is 7.18. The molecule has 0 bridgehead atoms. The van der Waals surface area contributed by atoms with Gasteiger partial charge in [-0.15, -0.1) is 0 Å². The fourth-order valence-electron chi connectivity index (χ4n) is 7.18. The van der Waals surface area contributed by atoms with Crippen LogP contribution in [0.1, 0.15) is 0 Å². The summed E-state index contributed by atoms with van der Waals surface area (Å²) in [7, 11) is 0. The molecule has 0 atom stereocenters. The van der Waals surface area contributed by atoms with Crippen LogP contribution in [0.2, 0.25) is 0 Å². The average molecular weight is 613 g/mol. The van der Waals surface area contributed by atoms with E-state index in [1.165, 1.54) is 54.8 Å². The van der Waals surface area contributed by atoms with Gasteiger partial charge in [-0.2, -0.15) is 0 Å². The van der Waals surface area contributed by atoms with Crippen LogP contribution in [0.4, 0.5) is 17.1 Å². The molecule has 1 aromatic heterocycles. The van der Waals surface area contributed by atoms with Crippen LogP contribution in [0, 0.1) is 0 Å². The Hall–Kier alpha value is -6.38. The van der Waals surface area contributed by atoms with Crippen molar-refractivity contribution in [1.29, 1.82) is 0 Å². The van der Waals surface area contributed by atoms with Crippen molar-refractivity contribution in [2.75, 3.05) is 4.90 Å². The number of hydrogen-bond acceptors (Lipinski definition) is 1. The fraction of sp³-hybridized carbons (Fsp3) is 0. The van der Waals surface area contributed by atoms with Crippen molar-refractivity contribution in [2.45, 2.75) is 0 Å². The monoisotopic (exact) mass is 612 g/mol. The lowest BCUT2D eigenvalue weighted by Crippen LogP contribution is -2.09. The Kier molecular flexibility index (Phi) is 6.84. The maximum absolute atomic E-state index is 2.44. The maximum Gasteiger partial charge on any atom is 0.0620 e. The number of fused-ring (bicyclic) bond motifs is 4. The standard InChI is InChI=1S/C46H32N2/c1-4-17-36(18-5-1)47(37-19-6-2-7-20-37)39-29-27-33(28-30-39)35-31-43(41-25-14-16-34-15-10-11-23-40(34)41)46-44(32-35)42-24-12-13-26-45(42)48(46)38-21-8-3-9-22-38/h1-32H. The Bertz CT molecular complexity index is 2490. The molecule has 0 N–H and O–H groups in total. The predicted molar refractivity (Wildman–Crippen MR) is 204 cm³/mol. The van der Waals surface area contributed by atoms with Crippen molar-refractivity contribution in [3.8, 4) is 27.9 Å². The van der Waals surface area contributed by atoms with Crippen LogP contribution in [0.15, 0.2) is 194 Å². The lowest BCUT2D eigenvalue weighted by Gasteiger charge is -2.25. The highest BCUT2D eigenvalue weighted by atomic mass is 15.1. The smallest absolute Gasteiger partial charge is 0.0620 e. The van der Waals surface area contributed by atoms with E-state index < -0.39 is 0 Å².